The highest BCUT2D eigenvalue weighted by Gasteiger charge is 2.36. The second-order valence-electron chi connectivity index (χ2n) is 2.61. The lowest BCUT2D eigenvalue weighted by molar-refractivity contribution is -0.125. The Hall–Kier alpha value is -0.620. The first-order valence-electron chi connectivity index (χ1n) is 3.27. The Morgan fingerprint density at radius 2 is 2.09 bits per heavy atom. The molecule has 1 rings (SSSR count). The van der Waals surface area contributed by atoms with Crippen LogP contribution < -0.4 is 4.72 Å². The SMILES string of the molecule is CC(C)N1C(=O)CNS1(=O)=O. The smallest absolute Gasteiger partial charge is 0.272 e. The molecule has 0 saturated carbocycles. The van der Waals surface area contributed by atoms with Crippen LogP contribution in [0.2, 0.25) is 0 Å². The highest BCUT2D eigenvalue weighted by molar-refractivity contribution is 7.88. The predicted molar refractivity (Wildman–Crippen MR) is 38.9 cm³/mol. The molecule has 64 valence electrons. The maximum atomic E-state index is 11.0. The number of amides is 1. The Labute approximate surface area is 65.6 Å². The van der Waals surface area contributed by atoms with E-state index in [2.05, 4.69) is 4.72 Å². The first-order valence-corrected chi connectivity index (χ1v) is 4.71. The number of nitrogens with zero attached hydrogens (tertiary/aromatic N) is 1. The van der Waals surface area contributed by atoms with E-state index in [0.29, 0.717) is 0 Å². The maximum absolute atomic E-state index is 11.0. The van der Waals surface area contributed by atoms with Gasteiger partial charge in [-0.3, -0.25) is 4.79 Å². The number of hydrogen-bond donors (Lipinski definition) is 1. The van der Waals surface area contributed by atoms with Gasteiger partial charge in [0.1, 0.15) is 0 Å². The molecule has 0 aromatic carbocycles. The standard InChI is InChI=1S/C5H10N2O3S/c1-4(2)7-5(8)3-6-11(7,9)10/h4,6H,3H2,1-2H3. The van der Waals surface area contributed by atoms with Gasteiger partial charge in [-0.05, 0) is 13.8 Å². The number of nitrogens with one attached hydrogen (secondary N) is 1. The molecule has 1 saturated heterocycles. The van der Waals surface area contributed by atoms with Crippen LogP contribution in [0.15, 0.2) is 0 Å². The first-order chi connectivity index (χ1) is 4.95. The fraction of sp³-hybridized carbons (Fsp3) is 0.800. The van der Waals surface area contributed by atoms with E-state index >= 15 is 0 Å². The molecule has 11 heavy (non-hydrogen) atoms. The third kappa shape index (κ3) is 1.36. The Kier molecular flexibility index (Phi) is 1.89. The number of hydrogen-bond acceptors (Lipinski definition) is 3. The maximum Gasteiger partial charge on any atom is 0.304 e. The summed E-state index contributed by atoms with van der Waals surface area (Å²) in [6.07, 6.45) is 0. The Bertz CT molecular complexity index is 269. The topological polar surface area (TPSA) is 66.5 Å². The summed E-state index contributed by atoms with van der Waals surface area (Å²) in [5.74, 6) is -0.389. The van der Waals surface area contributed by atoms with Crippen molar-refractivity contribution in [3.05, 3.63) is 0 Å². The zero-order chi connectivity index (χ0) is 8.65. The fourth-order valence-electron chi connectivity index (χ4n) is 1.000. The van der Waals surface area contributed by atoms with E-state index < -0.39 is 10.2 Å². The van der Waals surface area contributed by atoms with Crippen LogP contribution in [-0.4, -0.2) is 31.2 Å². The van der Waals surface area contributed by atoms with E-state index in [1.807, 2.05) is 0 Å². The van der Waals surface area contributed by atoms with Crippen molar-refractivity contribution in [3.8, 4) is 0 Å². The molecule has 0 spiro atoms. The fourth-order valence-corrected chi connectivity index (χ4v) is 2.33. The number of carbonyl (C=O) groups excluding carboxylic acids is 1. The summed E-state index contributed by atoms with van der Waals surface area (Å²) in [5, 5.41) is 0. The predicted octanol–water partition coefficient (Wildman–Crippen LogP) is -0.929. The minimum atomic E-state index is -3.50. The minimum Gasteiger partial charge on any atom is -0.272 e. The van der Waals surface area contributed by atoms with Crippen LogP contribution in [0.5, 0.6) is 0 Å². The molecule has 5 nitrogen and oxygen atoms in total. The molecular formula is C5H10N2O3S. The van der Waals surface area contributed by atoms with Crippen molar-refractivity contribution in [2.24, 2.45) is 0 Å². The minimum absolute atomic E-state index is 0.111. The molecule has 0 radical (unpaired) electrons. The summed E-state index contributed by atoms with van der Waals surface area (Å²) in [6.45, 7) is 3.20. The third-order valence-electron chi connectivity index (χ3n) is 1.38. The summed E-state index contributed by atoms with van der Waals surface area (Å²) in [5.41, 5.74) is 0. The van der Waals surface area contributed by atoms with Crippen LogP contribution in [0, 0.1) is 0 Å². The summed E-state index contributed by atoms with van der Waals surface area (Å²) in [7, 11) is -3.50. The molecule has 6 heteroatoms. The zero-order valence-electron chi connectivity index (χ0n) is 6.36. The van der Waals surface area contributed by atoms with Gasteiger partial charge in [0.05, 0.1) is 6.54 Å². The van der Waals surface area contributed by atoms with Gasteiger partial charge >= 0.3 is 10.2 Å². The van der Waals surface area contributed by atoms with Crippen molar-refractivity contribution in [3.63, 3.8) is 0 Å². The molecule has 0 aliphatic carbocycles. The monoisotopic (exact) mass is 178 g/mol. The van der Waals surface area contributed by atoms with E-state index in [9.17, 15) is 13.2 Å². The van der Waals surface area contributed by atoms with Gasteiger partial charge in [0, 0.05) is 6.04 Å². The Morgan fingerprint density at radius 3 is 2.27 bits per heavy atom. The molecule has 1 heterocycles. The molecule has 0 aromatic heterocycles. The normalized spacial score (nSPS) is 23.2. The first kappa shape index (κ1) is 8.48. The Morgan fingerprint density at radius 1 is 1.55 bits per heavy atom. The van der Waals surface area contributed by atoms with E-state index in [0.717, 1.165) is 4.31 Å². The van der Waals surface area contributed by atoms with Gasteiger partial charge in [-0.1, -0.05) is 0 Å². The van der Waals surface area contributed by atoms with E-state index in [1.54, 1.807) is 13.8 Å². The van der Waals surface area contributed by atoms with Gasteiger partial charge in [0.25, 0.3) is 5.91 Å². The third-order valence-corrected chi connectivity index (χ3v) is 3.03. The highest BCUT2D eigenvalue weighted by Crippen LogP contribution is 2.09. The van der Waals surface area contributed by atoms with Crippen LogP contribution in [0.1, 0.15) is 13.8 Å². The lowest BCUT2D eigenvalue weighted by Crippen LogP contribution is -2.37. The molecule has 1 aliphatic heterocycles. The largest absolute Gasteiger partial charge is 0.304 e. The van der Waals surface area contributed by atoms with Crippen LogP contribution in [0.25, 0.3) is 0 Å². The van der Waals surface area contributed by atoms with Crippen molar-refractivity contribution >= 4 is 16.1 Å². The molecule has 1 fully saturated rings. The van der Waals surface area contributed by atoms with Crippen LogP contribution in [-0.2, 0) is 15.0 Å². The zero-order valence-corrected chi connectivity index (χ0v) is 7.18. The van der Waals surface area contributed by atoms with Gasteiger partial charge in [-0.2, -0.15) is 13.1 Å². The van der Waals surface area contributed by atoms with E-state index in [1.165, 1.54) is 0 Å². The summed E-state index contributed by atoms with van der Waals surface area (Å²) >= 11 is 0. The molecule has 1 aliphatic rings. The van der Waals surface area contributed by atoms with Crippen LogP contribution in [0.3, 0.4) is 0 Å². The summed E-state index contributed by atoms with van der Waals surface area (Å²) < 4.78 is 25.0. The van der Waals surface area contributed by atoms with E-state index in [-0.39, 0.29) is 18.5 Å². The van der Waals surface area contributed by atoms with Crippen molar-refractivity contribution in [1.29, 1.82) is 0 Å². The molecular weight excluding hydrogens is 168 g/mol. The lowest BCUT2D eigenvalue weighted by Gasteiger charge is -2.17. The van der Waals surface area contributed by atoms with Gasteiger partial charge < -0.3 is 0 Å². The average molecular weight is 178 g/mol. The van der Waals surface area contributed by atoms with Gasteiger partial charge in [0.2, 0.25) is 0 Å². The van der Waals surface area contributed by atoms with Crippen LogP contribution >= 0.6 is 0 Å². The molecule has 1 amide bonds. The number of carbonyl (C=O) groups is 1. The molecule has 0 bridgehead atoms. The molecule has 0 atom stereocenters. The Balaban J connectivity index is 2.99. The van der Waals surface area contributed by atoms with Crippen molar-refractivity contribution in [1.82, 2.24) is 9.03 Å². The van der Waals surface area contributed by atoms with Crippen molar-refractivity contribution in [2.45, 2.75) is 19.9 Å². The van der Waals surface area contributed by atoms with Gasteiger partial charge in [-0.15, -0.1) is 0 Å². The summed E-state index contributed by atoms with van der Waals surface area (Å²) in [6, 6.07) is -0.303. The van der Waals surface area contributed by atoms with Gasteiger partial charge in [0.15, 0.2) is 0 Å². The molecule has 0 aromatic rings. The summed E-state index contributed by atoms with van der Waals surface area (Å²) in [4.78, 5) is 10.9. The van der Waals surface area contributed by atoms with Crippen molar-refractivity contribution in [2.75, 3.05) is 6.54 Å². The van der Waals surface area contributed by atoms with Crippen LogP contribution in [0.4, 0.5) is 0 Å². The second kappa shape index (κ2) is 2.46. The van der Waals surface area contributed by atoms with E-state index in [4.69, 9.17) is 0 Å². The molecule has 1 N–H and O–H groups in total. The van der Waals surface area contributed by atoms with Crippen molar-refractivity contribution < 1.29 is 13.2 Å². The second-order valence-corrected chi connectivity index (χ2v) is 4.24. The lowest BCUT2D eigenvalue weighted by atomic mass is 10.4. The van der Waals surface area contributed by atoms with Gasteiger partial charge in [-0.25, -0.2) is 4.31 Å². The highest BCUT2D eigenvalue weighted by atomic mass is 32.2. The average Bonchev–Trinajstić information content (AvgIpc) is 2.06. The quantitative estimate of drug-likeness (QED) is 0.564. The number of rotatable bonds is 1. The molecule has 0 unspecified atom stereocenters.